The van der Waals surface area contributed by atoms with Gasteiger partial charge in [-0.05, 0) is 0 Å². The molecule has 0 bridgehead atoms. The number of alkyl halides is 2. The molecule has 23 heavy (non-hydrogen) atoms. The first-order chi connectivity index (χ1) is 11.0. The van der Waals surface area contributed by atoms with E-state index in [0.29, 0.717) is 11.3 Å². The van der Waals surface area contributed by atoms with Gasteiger partial charge < -0.3 is 0 Å². The molecule has 0 aliphatic heterocycles. The van der Waals surface area contributed by atoms with Gasteiger partial charge >= 0.3 is 145 Å². The molecule has 0 aliphatic rings. The van der Waals surface area contributed by atoms with E-state index in [9.17, 15) is 8.78 Å². The molecule has 0 atom stereocenters. The van der Waals surface area contributed by atoms with Crippen molar-refractivity contribution in [3.63, 3.8) is 0 Å². The SMILES string of the molecule is CCC[CH2][Sn]([CH2]CCC)([CH2]CCC)[c]1cnc(C)cc1C(F)F. The van der Waals surface area contributed by atoms with Crippen LogP contribution in [0.5, 0.6) is 0 Å². The van der Waals surface area contributed by atoms with Crippen LogP contribution in [0.4, 0.5) is 8.78 Å². The Labute approximate surface area is 145 Å². The molecule has 1 aromatic rings. The van der Waals surface area contributed by atoms with E-state index in [4.69, 9.17) is 0 Å². The van der Waals surface area contributed by atoms with Gasteiger partial charge in [-0.15, -0.1) is 0 Å². The van der Waals surface area contributed by atoms with Crippen molar-refractivity contribution < 1.29 is 8.78 Å². The van der Waals surface area contributed by atoms with Crippen molar-refractivity contribution in [2.75, 3.05) is 0 Å². The summed E-state index contributed by atoms with van der Waals surface area (Å²) in [5, 5.41) is 0. The van der Waals surface area contributed by atoms with Crippen LogP contribution in [0.15, 0.2) is 12.3 Å². The quantitative estimate of drug-likeness (QED) is 0.370. The normalized spacial score (nSPS) is 12.1. The van der Waals surface area contributed by atoms with E-state index in [0.717, 1.165) is 22.8 Å². The number of unbranched alkanes of at least 4 members (excludes halogenated alkanes) is 3. The minimum absolute atomic E-state index is 0.302. The zero-order valence-corrected chi connectivity index (χ0v) is 18.2. The first-order valence-corrected chi connectivity index (χ1v) is 16.7. The molecule has 0 aliphatic carbocycles. The Bertz CT molecular complexity index is 441. The second-order valence-electron chi connectivity index (χ2n) is 6.80. The van der Waals surface area contributed by atoms with Crippen LogP contribution in [0.3, 0.4) is 0 Å². The molecule has 0 N–H and O–H groups in total. The number of hydrogen-bond donors (Lipinski definition) is 0. The summed E-state index contributed by atoms with van der Waals surface area (Å²) in [6, 6.07) is 1.65. The van der Waals surface area contributed by atoms with Crippen LogP contribution >= 0.6 is 0 Å². The van der Waals surface area contributed by atoms with Crippen molar-refractivity contribution in [3.8, 4) is 0 Å². The molecule has 1 aromatic heterocycles. The molecule has 1 heterocycles. The number of pyridine rings is 1. The van der Waals surface area contributed by atoms with Gasteiger partial charge in [-0.25, -0.2) is 0 Å². The number of halogens is 2. The fourth-order valence-corrected chi connectivity index (χ4v) is 20.0. The van der Waals surface area contributed by atoms with Gasteiger partial charge in [0.05, 0.1) is 0 Å². The standard InChI is InChI=1S/C7H6F2N.3C4H9.Sn/c1-5-4-6(7(8)9)2-3-10-5;3*1-3-4-2;/h3-4,7H,1H3;3*1,3-4H2,2H3;. The van der Waals surface area contributed by atoms with Gasteiger partial charge in [0.15, 0.2) is 0 Å². The Balaban J connectivity index is 3.33. The molecule has 0 unspecified atom stereocenters. The summed E-state index contributed by atoms with van der Waals surface area (Å²) in [5.74, 6) is 0. The van der Waals surface area contributed by atoms with Crippen molar-refractivity contribution in [2.45, 2.75) is 86.0 Å². The molecule has 1 rings (SSSR count). The summed E-state index contributed by atoms with van der Waals surface area (Å²) >= 11 is -2.82. The monoisotopic (exact) mass is 433 g/mol. The summed E-state index contributed by atoms with van der Waals surface area (Å²) in [4.78, 5) is 4.43. The zero-order chi connectivity index (χ0) is 17.3. The molecular weight excluding hydrogens is 399 g/mol. The average molecular weight is 432 g/mol. The Morgan fingerprint density at radius 3 is 1.83 bits per heavy atom. The molecular formula is C19H33F2NSn. The van der Waals surface area contributed by atoms with Gasteiger partial charge in [0.25, 0.3) is 0 Å². The number of nitrogens with zero attached hydrogens (tertiary/aromatic N) is 1. The molecule has 4 heteroatoms. The molecule has 0 saturated carbocycles. The third kappa shape index (κ3) is 5.99. The van der Waals surface area contributed by atoms with Crippen molar-refractivity contribution in [1.29, 1.82) is 0 Å². The van der Waals surface area contributed by atoms with E-state index in [1.807, 2.05) is 13.1 Å². The van der Waals surface area contributed by atoms with Gasteiger partial charge in [0.2, 0.25) is 0 Å². The number of rotatable bonds is 11. The minimum atomic E-state index is -2.82. The average Bonchev–Trinajstić information content (AvgIpc) is 2.54. The van der Waals surface area contributed by atoms with Gasteiger partial charge in [0, 0.05) is 0 Å². The van der Waals surface area contributed by atoms with E-state index in [1.165, 1.54) is 32.6 Å². The molecule has 1 nitrogen and oxygen atoms in total. The van der Waals surface area contributed by atoms with Crippen LogP contribution in [0.25, 0.3) is 0 Å². The second kappa shape index (κ2) is 10.6. The molecule has 0 radical (unpaired) electrons. The first-order valence-electron chi connectivity index (χ1n) is 9.25. The summed E-state index contributed by atoms with van der Waals surface area (Å²) in [7, 11) is 0. The van der Waals surface area contributed by atoms with Gasteiger partial charge in [-0.2, -0.15) is 0 Å². The fourth-order valence-electron chi connectivity index (χ4n) is 3.53. The number of aryl methyl sites for hydroxylation is 1. The molecule has 0 saturated heterocycles. The van der Waals surface area contributed by atoms with Gasteiger partial charge in [-0.1, -0.05) is 0 Å². The van der Waals surface area contributed by atoms with E-state index in [2.05, 4.69) is 25.8 Å². The van der Waals surface area contributed by atoms with Crippen molar-refractivity contribution >= 4 is 22.0 Å². The van der Waals surface area contributed by atoms with Crippen LogP contribution in [-0.2, 0) is 0 Å². The fraction of sp³-hybridized carbons (Fsp3) is 0.737. The third-order valence-electron chi connectivity index (χ3n) is 4.91. The van der Waals surface area contributed by atoms with Crippen LogP contribution in [-0.4, -0.2) is 23.4 Å². The zero-order valence-electron chi connectivity index (χ0n) is 15.3. The number of aromatic nitrogens is 1. The van der Waals surface area contributed by atoms with E-state index in [-0.39, 0.29) is 0 Å². The van der Waals surface area contributed by atoms with Crippen molar-refractivity contribution in [2.24, 2.45) is 0 Å². The Morgan fingerprint density at radius 2 is 1.43 bits per heavy atom. The Kier molecular flexibility index (Phi) is 9.64. The number of hydrogen-bond acceptors (Lipinski definition) is 1. The molecule has 0 fully saturated rings. The van der Waals surface area contributed by atoms with Gasteiger partial charge in [-0.3, -0.25) is 0 Å². The Morgan fingerprint density at radius 1 is 0.957 bits per heavy atom. The van der Waals surface area contributed by atoms with E-state index in [1.54, 1.807) is 6.07 Å². The first kappa shape index (κ1) is 20.9. The maximum atomic E-state index is 13.7. The topological polar surface area (TPSA) is 12.9 Å². The predicted molar refractivity (Wildman–Crippen MR) is 98.5 cm³/mol. The van der Waals surface area contributed by atoms with E-state index < -0.39 is 24.8 Å². The van der Waals surface area contributed by atoms with Crippen LogP contribution in [0, 0.1) is 6.92 Å². The molecule has 132 valence electrons. The van der Waals surface area contributed by atoms with Crippen LogP contribution in [0.2, 0.25) is 13.3 Å². The summed E-state index contributed by atoms with van der Waals surface area (Å²) in [6.07, 6.45) is 6.47. The summed E-state index contributed by atoms with van der Waals surface area (Å²) in [5.41, 5.74) is 1.02. The predicted octanol–water partition coefficient (Wildman–Crippen LogP) is 6.38. The maximum absolute atomic E-state index is 13.7. The summed E-state index contributed by atoms with van der Waals surface area (Å²) in [6.45, 7) is 8.43. The molecule has 0 spiro atoms. The van der Waals surface area contributed by atoms with Crippen LogP contribution in [0.1, 0.15) is 77.0 Å². The third-order valence-corrected chi connectivity index (χ3v) is 20.6. The molecule has 0 amide bonds. The second-order valence-corrected chi connectivity index (χ2v) is 19.9. The van der Waals surface area contributed by atoms with Crippen molar-refractivity contribution in [3.05, 3.63) is 23.5 Å². The summed E-state index contributed by atoms with van der Waals surface area (Å²) < 4.78 is 32.1. The van der Waals surface area contributed by atoms with E-state index >= 15 is 0 Å². The van der Waals surface area contributed by atoms with Gasteiger partial charge in [0.1, 0.15) is 0 Å². The van der Waals surface area contributed by atoms with Crippen molar-refractivity contribution in [1.82, 2.24) is 4.98 Å². The molecule has 0 aromatic carbocycles. The Hall–Kier alpha value is -0.191. The van der Waals surface area contributed by atoms with Crippen LogP contribution < -0.4 is 3.58 Å².